The largest absolute Gasteiger partial charge is 0.496 e. The van der Waals surface area contributed by atoms with E-state index in [1.165, 1.54) is 11.1 Å². The Morgan fingerprint density at radius 2 is 1.88 bits per heavy atom. The molecule has 0 aliphatic carbocycles. The van der Waals surface area contributed by atoms with E-state index in [0.29, 0.717) is 19.0 Å². The zero-order valence-corrected chi connectivity index (χ0v) is 20.1. The molecule has 1 aromatic rings. The molecule has 0 saturated carbocycles. The number of nitrogens with zero attached hydrogens (tertiary/aromatic N) is 2. The zero-order chi connectivity index (χ0) is 23.1. The summed E-state index contributed by atoms with van der Waals surface area (Å²) in [7, 11) is 3.42. The molecule has 32 heavy (non-hydrogen) atoms. The number of likely N-dealkylation sites (tertiary alicyclic amines) is 1. The molecule has 2 aliphatic heterocycles. The number of nitrogens with one attached hydrogen (secondary N) is 1. The van der Waals surface area contributed by atoms with E-state index in [-0.39, 0.29) is 18.2 Å². The lowest BCUT2D eigenvalue weighted by Gasteiger charge is -2.37. The molecule has 0 spiro atoms. The van der Waals surface area contributed by atoms with E-state index in [1.54, 1.807) is 14.2 Å². The van der Waals surface area contributed by atoms with Crippen molar-refractivity contribution in [2.45, 2.75) is 58.5 Å². The van der Waals surface area contributed by atoms with Crippen LogP contribution in [0, 0.1) is 19.8 Å². The summed E-state index contributed by atoms with van der Waals surface area (Å²) in [5, 5.41) is 2.95. The van der Waals surface area contributed by atoms with Crippen LogP contribution in [0.3, 0.4) is 0 Å². The SMILES string of the molecule is COCCCC1CCN(C(=O)C[C@H]2C(=O)NCCN2Cc2ccc(OC)c(C)c2C)CC1. The minimum Gasteiger partial charge on any atom is -0.496 e. The monoisotopic (exact) mass is 445 g/mol. The lowest BCUT2D eigenvalue weighted by atomic mass is 9.92. The summed E-state index contributed by atoms with van der Waals surface area (Å²) in [6.45, 7) is 8.56. The third-order valence-corrected chi connectivity index (χ3v) is 7.18. The average Bonchev–Trinajstić information content (AvgIpc) is 2.80. The number of hydrogen-bond acceptors (Lipinski definition) is 5. The van der Waals surface area contributed by atoms with Crippen molar-refractivity contribution >= 4 is 11.8 Å². The lowest BCUT2D eigenvalue weighted by Crippen LogP contribution is -2.56. The number of carbonyl (C=O) groups is 2. The topological polar surface area (TPSA) is 71.1 Å². The normalized spacial score (nSPS) is 20.3. The Hall–Kier alpha value is -2.12. The predicted octanol–water partition coefficient (Wildman–Crippen LogP) is 2.67. The number of methoxy groups -OCH3 is 2. The molecule has 0 aromatic heterocycles. The maximum absolute atomic E-state index is 13.1. The fourth-order valence-electron chi connectivity index (χ4n) is 4.92. The van der Waals surface area contributed by atoms with Crippen molar-refractivity contribution in [3.63, 3.8) is 0 Å². The van der Waals surface area contributed by atoms with E-state index in [2.05, 4.69) is 30.1 Å². The van der Waals surface area contributed by atoms with E-state index in [1.807, 2.05) is 11.0 Å². The van der Waals surface area contributed by atoms with Gasteiger partial charge in [-0.15, -0.1) is 0 Å². The maximum Gasteiger partial charge on any atom is 0.237 e. The van der Waals surface area contributed by atoms with Crippen molar-refractivity contribution in [2.24, 2.45) is 5.92 Å². The molecule has 2 heterocycles. The summed E-state index contributed by atoms with van der Waals surface area (Å²) in [5.41, 5.74) is 3.47. The van der Waals surface area contributed by atoms with Crippen molar-refractivity contribution in [2.75, 3.05) is 47.0 Å². The van der Waals surface area contributed by atoms with Gasteiger partial charge in [0.05, 0.1) is 19.6 Å². The number of ether oxygens (including phenoxy) is 2. The molecule has 7 heteroatoms. The first-order chi connectivity index (χ1) is 15.4. The molecule has 0 bridgehead atoms. The van der Waals surface area contributed by atoms with Crippen LogP contribution in [-0.4, -0.2) is 74.7 Å². The van der Waals surface area contributed by atoms with Gasteiger partial charge in [-0.25, -0.2) is 0 Å². The fourth-order valence-corrected chi connectivity index (χ4v) is 4.92. The molecule has 2 aliphatic rings. The van der Waals surface area contributed by atoms with E-state index in [9.17, 15) is 9.59 Å². The van der Waals surface area contributed by atoms with E-state index < -0.39 is 6.04 Å². The van der Waals surface area contributed by atoms with Crippen molar-refractivity contribution in [3.05, 3.63) is 28.8 Å². The first-order valence-corrected chi connectivity index (χ1v) is 11.9. The second kappa shape index (κ2) is 11.7. The molecule has 2 saturated heterocycles. The number of carbonyl (C=O) groups excluding carboxylic acids is 2. The Kier molecular flexibility index (Phi) is 8.93. The van der Waals surface area contributed by atoms with Gasteiger partial charge >= 0.3 is 0 Å². The van der Waals surface area contributed by atoms with Crippen LogP contribution in [0.2, 0.25) is 0 Å². The number of amides is 2. The summed E-state index contributed by atoms with van der Waals surface area (Å²) in [6, 6.07) is 3.64. The molecule has 2 amide bonds. The van der Waals surface area contributed by atoms with Gasteiger partial charge in [0.2, 0.25) is 11.8 Å². The van der Waals surface area contributed by atoms with Crippen LogP contribution in [0.5, 0.6) is 5.75 Å². The molecule has 0 unspecified atom stereocenters. The first kappa shape index (κ1) is 24.5. The second-order valence-corrected chi connectivity index (χ2v) is 9.12. The minimum absolute atomic E-state index is 0.0399. The van der Waals surface area contributed by atoms with Crippen LogP contribution in [0.15, 0.2) is 12.1 Å². The fraction of sp³-hybridized carbons (Fsp3) is 0.680. The van der Waals surface area contributed by atoms with Gasteiger partial charge in [-0.1, -0.05) is 6.07 Å². The molecule has 1 aromatic carbocycles. The smallest absolute Gasteiger partial charge is 0.237 e. The van der Waals surface area contributed by atoms with Gasteiger partial charge in [0.15, 0.2) is 0 Å². The standard InChI is InChI=1S/C25H39N3O4/c1-18-19(2)23(32-4)8-7-21(18)17-28-14-11-26-25(30)22(28)16-24(29)27-12-9-20(10-13-27)6-5-15-31-3/h7-8,20,22H,5-6,9-17H2,1-4H3,(H,26,30)/t22-/m0/s1. The van der Waals surface area contributed by atoms with Gasteiger partial charge in [-0.2, -0.15) is 0 Å². The van der Waals surface area contributed by atoms with Gasteiger partial charge < -0.3 is 19.7 Å². The second-order valence-electron chi connectivity index (χ2n) is 9.12. The van der Waals surface area contributed by atoms with Gasteiger partial charge in [-0.3, -0.25) is 14.5 Å². The number of piperazine rings is 1. The van der Waals surface area contributed by atoms with Crippen LogP contribution in [0.1, 0.15) is 48.8 Å². The number of hydrogen-bond donors (Lipinski definition) is 1. The molecule has 0 radical (unpaired) electrons. The molecule has 178 valence electrons. The Morgan fingerprint density at radius 1 is 1.12 bits per heavy atom. The van der Waals surface area contributed by atoms with E-state index in [0.717, 1.165) is 63.2 Å². The minimum atomic E-state index is -0.419. The van der Waals surface area contributed by atoms with Crippen molar-refractivity contribution in [1.29, 1.82) is 0 Å². The molecule has 7 nitrogen and oxygen atoms in total. The van der Waals surface area contributed by atoms with Crippen molar-refractivity contribution in [3.8, 4) is 5.75 Å². The molecule has 1 N–H and O–H groups in total. The van der Waals surface area contributed by atoms with Gasteiger partial charge in [-0.05, 0) is 68.2 Å². The van der Waals surface area contributed by atoms with E-state index >= 15 is 0 Å². The van der Waals surface area contributed by atoms with Crippen LogP contribution < -0.4 is 10.1 Å². The molecular formula is C25H39N3O4. The zero-order valence-electron chi connectivity index (χ0n) is 20.1. The van der Waals surface area contributed by atoms with E-state index in [4.69, 9.17) is 9.47 Å². The summed E-state index contributed by atoms with van der Waals surface area (Å²) in [5.74, 6) is 1.60. The highest BCUT2D eigenvalue weighted by atomic mass is 16.5. The maximum atomic E-state index is 13.1. The lowest BCUT2D eigenvalue weighted by molar-refractivity contribution is -0.140. The van der Waals surface area contributed by atoms with Gasteiger partial charge in [0.25, 0.3) is 0 Å². The summed E-state index contributed by atoms with van der Waals surface area (Å²) in [6.07, 6.45) is 4.57. The number of rotatable bonds is 9. The average molecular weight is 446 g/mol. The highest BCUT2D eigenvalue weighted by Crippen LogP contribution is 2.27. The van der Waals surface area contributed by atoms with Crippen LogP contribution in [0.4, 0.5) is 0 Å². The van der Waals surface area contributed by atoms with Gasteiger partial charge in [0, 0.05) is 46.4 Å². The third kappa shape index (κ3) is 6.01. The highest BCUT2D eigenvalue weighted by molar-refractivity contribution is 5.88. The third-order valence-electron chi connectivity index (χ3n) is 7.18. The van der Waals surface area contributed by atoms with Crippen molar-refractivity contribution < 1.29 is 19.1 Å². The molecule has 2 fully saturated rings. The van der Waals surface area contributed by atoms with Crippen LogP contribution >= 0.6 is 0 Å². The summed E-state index contributed by atoms with van der Waals surface area (Å²) >= 11 is 0. The molecule has 3 rings (SSSR count). The summed E-state index contributed by atoms with van der Waals surface area (Å²) in [4.78, 5) is 29.9. The quantitative estimate of drug-likeness (QED) is 0.592. The molecular weight excluding hydrogens is 406 g/mol. The van der Waals surface area contributed by atoms with Crippen molar-refractivity contribution in [1.82, 2.24) is 15.1 Å². The van der Waals surface area contributed by atoms with Gasteiger partial charge in [0.1, 0.15) is 5.75 Å². The number of piperidine rings is 1. The Morgan fingerprint density at radius 3 is 2.56 bits per heavy atom. The predicted molar refractivity (Wildman–Crippen MR) is 125 cm³/mol. The Balaban J connectivity index is 1.60. The van der Waals surface area contributed by atoms with Crippen LogP contribution in [-0.2, 0) is 20.9 Å². The summed E-state index contributed by atoms with van der Waals surface area (Å²) < 4.78 is 10.6. The van der Waals surface area contributed by atoms with Crippen LogP contribution in [0.25, 0.3) is 0 Å². The number of benzene rings is 1. The first-order valence-electron chi connectivity index (χ1n) is 11.9. The Labute approximate surface area is 192 Å². The highest BCUT2D eigenvalue weighted by Gasteiger charge is 2.34. The Bertz CT molecular complexity index is 790. The molecule has 1 atom stereocenters.